The minimum Gasteiger partial charge on any atom is -0.497 e. The second kappa shape index (κ2) is 9.31. The normalized spacial score (nSPS) is 11.8. The number of phosphoric acid groups is 1. The number of rotatable bonds is 5. The number of methoxy groups -OCH3 is 2. The Morgan fingerprint density at radius 1 is 0.960 bits per heavy atom. The maximum atomic E-state index is 12.2. The van der Waals surface area contributed by atoms with Crippen LogP contribution in [0, 0.1) is 0 Å². The molecule has 1 atom stereocenters. The van der Waals surface area contributed by atoms with E-state index in [0.717, 1.165) is 0 Å². The number of aliphatic hydroxyl groups excluding tert-OH is 1. The summed E-state index contributed by atoms with van der Waals surface area (Å²) in [7, 11) is -1.60. The molecule has 25 heavy (non-hydrogen) atoms. The lowest BCUT2D eigenvalue weighted by atomic mass is 9.99. The fraction of sp³-hybridized carbons (Fsp3) is 0.188. The van der Waals surface area contributed by atoms with E-state index in [-0.39, 0.29) is 5.78 Å². The van der Waals surface area contributed by atoms with E-state index < -0.39 is 13.9 Å². The van der Waals surface area contributed by atoms with Crippen LogP contribution in [0.25, 0.3) is 0 Å². The van der Waals surface area contributed by atoms with Gasteiger partial charge in [0.2, 0.25) is 0 Å². The van der Waals surface area contributed by atoms with E-state index in [1.165, 1.54) is 14.2 Å². The van der Waals surface area contributed by atoms with Crippen molar-refractivity contribution in [2.24, 2.45) is 0 Å². The molecule has 0 radical (unpaired) electrons. The average molecular weight is 370 g/mol. The van der Waals surface area contributed by atoms with Gasteiger partial charge in [0.1, 0.15) is 17.6 Å². The van der Waals surface area contributed by atoms with E-state index in [9.17, 15) is 9.90 Å². The van der Waals surface area contributed by atoms with E-state index in [4.69, 9.17) is 28.7 Å². The molecule has 0 amide bonds. The average Bonchev–Trinajstić information content (AvgIpc) is 2.59. The third kappa shape index (κ3) is 7.47. The lowest BCUT2D eigenvalue weighted by Crippen LogP contribution is -2.12. The van der Waals surface area contributed by atoms with Gasteiger partial charge >= 0.3 is 7.82 Å². The highest BCUT2D eigenvalue weighted by Crippen LogP contribution is 2.28. The molecular formula is C16H19O8P. The summed E-state index contributed by atoms with van der Waals surface area (Å²) in [5.41, 5.74) is 0.900. The number of ether oxygens (including phenoxy) is 2. The van der Waals surface area contributed by atoms with Gasteiger partial charge in [0, 0.05) is 11.6 Å². The number of aliphatic hydroxyl groups is 1. The fourth-order valence-electron chi connectivity index (χ4n) is 1.90. The largest absolute Gasteiger partial charge is 0.497 e. The summed E-state index contributed by atoms with van der Waals surface area (Å²) in [4.78, 5) is 33.8. The molecule has 1 unspecified atom stereocenters. The van der Waals surface area contributed by atoms with E-state index >= 15 is 0 Å². The second-order valence-electron chi connectivity index (χ2n) is 4.79. The number of carbonyl (C=O) groups excluding carboxylic acids is 1. The Kier molecular flexibility index (Phi) is 7.76. The van der Waals surface area contributed by atoms with Crippen LogP contribution in [0.15, 0.2) is 48.5 Å². The minimum absolute atomic E-state index is 0.360. The van der Waals surface area contributed by atoms with E-state index in [0.29, 0.717) is 22.6 Å². The van der Waals surface area contributed by atoms with Gasteiger partial charge in [0.25, 0.3) is 0 Å². The topological polar surface area (TPSA) is 134 Å². The first kappa shape index (κ1) is 20.8. The molecule has 8 nitrogen and oxygen atoms in total. The van der Waals surface area contributed by atoms with Crippen LogP contribution in [0.2, 0.25) is 0 Å². The molecule has 9 heteroatoms. The molecule has 0 saturated heterocycles. The number of Topliss-reactive ketones (excluding diaryl/α,β-unsaturated/α-hetero) is 1. The molecule has 0 heterocycles. The van der Waals surface area contributed by atoms with Crippen molar-refractivity contribution in [1.29, 1.82) is 0 Å². The van der Waals surface area contributed by atoms with Crippen molar-refractivity contribution in [2.45, 2.75) is 6.10 Å². The van der Waals surface area contributed by atoms with E-state index in [2.05, 4.69) is 0 Å². The van der Waals surface area contributed by atoms with Crippen molar-refractivity contribution in [3.63, 3.8) is 0 Å². The third-order valence-corrected chi connectivity index (χ3v) is 3.00. The van der Waals surface area contributed by atoms with Crippen LogP contribution < -0.4 is 9.47 Å². The van der Waals surface area contributed by atoms with Crippen LogP contribution in [0.4, 0.5) is 0 Å². The summed E-state index contributed by atoms with van der Waals surface area (Å²) in [5.74, 6) is 0.694. The summed E-state index contributed by atoms with van der Waals surface area (Å²) in [6.07, 6.45) is -1.25. The van der Waals surface area contributed by atoms with Gasteiger partial charge in [-0.2, -0.15) is 0 Å². The second-order valence-corrected chi connectivity index (χ2v) is 5.82. The van der Waals surface area contributed by atoms with Gasteiger partial charge < -0.3 is 29.3 Å². The monoisotopic (exact) mass is 370 g/mol. The molecule has 2 aromatic rings. The van der Waals surface area contributed by atoms with Gasteiger partial charge in [-0.25, -0.2) is 4.57 Å². The van der Waals surface area contributed by atoms with Crippen molar-refractivity contribution in [3.05, 3.63) is 59.7 Å². The summed E-state index contributed by atoms with van der Waals surface area (Å²) in [6.45, 7) is 0. The summed E-state index contributed by atoms with van der Waals surface area (Å²) in [5, 5.41) is 10.2. The van der Waals surface area contributed by atoms with Crippen LogP contribution in [-0.2, 0) is 4.57 Å². The van der Waals surface area contributed by atoms with Crippen molar-refractivity contribution in [2.75, 3.05) is 14.2 Å². The van der Waals surface area contributed by atoms with Gasteiger partial charge in [-0.3, -0.25) is 4.79 Å². The zero-order valence-electron chi connectivity index (χ0n) is 13.6. The van der Waals surface area contributed by atoms with Gasteiger partial charge in [0.15, 0.2) is 5.78 Å². The van der Waals surface area contributed by atoms with Crippen LogP contribution in [-0.4, -0.2) is 39.8 Å². The molecule has 0 aliphatic heterocycles. The fourth-order valence-corrected chi connectivity index (χ4v) is 1.90. The lowest BCUT2D eigenvalue weighted by molar-refractivity contribution is 0.0747. The molecule has 0 aliphatic carbocycles. The van der Waals surface area contributed by atoms with Gasteiger partial charge in [0.05, 0.1) is 14.2 Å². The van der Waals surface area contributed by atoms with Crippen molar-refractivity contribution >= 4 is 13.6 Å². The molecule has 0 fully saturated rings. The zero-order chi connectivity index (χ0) is 19.0. The number of carbonyl (C=O) groups is 1. The first-order valence-corrected chi connectivity index (χ1v) is 8.50. The van der Waals surface area contributed by atoms with Gasteiger partial charge in [-0.05, 0) is 17.7 Å². The zero-order valence-corrected chi connectivity index (χ0v) is 14.5. The van der Waals surface area contributed by atoms with E-state index in [1.54, 1.807) is 42.5 Å². The SMILES string of the molecule is COc1cc(OC)cc(C(O)C(=O)c2ccccc2)c1.O=P(O)(O)O. The molecule has 0 bridgehead atoms. The smallest absolute Gasteiger partial charge is 0.466 e. The first-order chi connectivity index (χ1) is 11.7. The Hall–Kier alpha value is -2.22. The molecule has 136 valence electrons. The van der Waals surface area contributed by atoms with E-state index in [1.807, 2.05) is 6.07 Å². The highest BCUT2D eigenvalue weighted by atomic mass is 31.2. The predicted molar refractivity (Wildman–Crippen MR) is 89.5 cm³/mol. The van der Waals surface area contributed by atoms with Crippen LogP contribution in [0.5, 0.6) is 11.5 Å². The maximum absolute atomic E-state index is 12.2. The summed E-state index contributed by atoms with van der Waals surface area (Å²) in [6, 6.07) is 13.6. The molecule has 0 spiro atoms. The highest BCUT2D eigenvalue weighted by molar-refractivity contribution is 7.45. The van der Waals surface area contributed by atoms with Crippen LogP contribution >= 0.6 is 7.82 Å². The van der Waals surface area contributed by atoms with Crippen LogP contribution in [0.1, 0.15) is 22.0 Å². The molecule has 0 aromatic heterocycles. The molecule has 2 rings (SSSR count). The Balaban J connectivity index is 0.000000550. The van der Waals surface area contributed by atoms with Gasteiger partial charge in [-0.1, -0.05) is 30.3 Å². The maximum Gasteiger partial charge on any atom is 0.466 e. The lowest BCUT2D eigenvalue weighted by Gasteiger charge is -2.13. The summed E-state index contributed by atoms with van der Waals surface area (Å²) < 4.78 is 19.1. The minimum atomic E-state index is -4.64. The third-order valence-electron chi connectivity index (χ3n) is 3.00. The molecule has 0 aliphatic rings. The Labute approximate surface area is 144 Å². The number of benzene rings is 2. The predicted octanol–water partition coefficient (Wildman–Crippen LogP) is 1.69. The summed E-state index contributed by atoms with van der Waals surface area (Å²) >= 11 is 0. The van der Waals surface area contributed by atoms with Crippen molar-refractivity contribution in [3.8, 4) is 11.5 Å². The number of ketones is 1. The Bertz CT molecular complexity index is 711. The first-order valence-electron chi connectivity index (χ1n) is 6.94. The van der Waals surface area contributed by atoms with Crippen molar-refractivity contribution in [1.82, 2.24) is 0 Å². The Morgan fingerprint density at radius 2 is 1.40 bits per heavy atom. The van der Waals surface area contributed by atoms with Crippen LogP contribution in [0.3, 0.4) is 0 Å². The quantitative estimate of drug-likeness (QED) is 0.462. The van der Waals surface area contributed by atoms with Crippen molar-refractivity contribution < 1.29 is 38.6 Å². The van der Waals surface area contributed by atoms with Gasteiger partial charge in [-0.15, -0.1) is 0 Å². The number of hydrogen-bond acceptors (Lipinski definition) is 5. The molecule has 2 aromatic carbocycles. The Morgan fingerprint density at radius 3 is 1.80 bits per heavy atom. The molecule has 4 N–H and O–H groups in total. The number of hydrogen-bond donors (Lipinski definition) is 4. The molecule has 0 saturated carbocycles. The highest BCUT2D eigenvalue weighted by Gasteiger charge is 2.20. The molecular weight excluding hydrogens is 351 g/mol. The standard InChI is InChI=1S/C16H16O4.H3O4P/c1-19-13-8-12(9-14(10-13)20-2)16(18)15(17)11-6-4-3-5-7-11;1-5(2,3)4/h3-10,16,18H,1-2H3;(H3,1,2,3,4).